The van der Waals surface area contributed by atoms with Gasteiger partial charge in [0.15, 0.2) is 0 Å². The molecule has 3 aliphatic heterocycles. The summed E-state index contributed by atoms with van der Waals surface area (Å²) in [7, 11) is 2.90. The SMILES string of the molecule is CN1C(=O)N(C)C(=O)C(Cc2ccsc2)(CN2C[C@H]3C[C@@H](C2)c2cccc(=O)n2C3)C1=O. The second-order valence-corrected chi connectivity index (χ2v) is 10.1. The molecule has 2 aromatic rings. The van der Waals surface area contributed by atoms with Gasteiger partial charge in [-0.15, -0.1) is 0 Å². The van der Waals surface area contributed by atoms with E-state index in [1.807, 2.05) is 27.5 Å². The van der Waals surface area contributed by atoms with E-state index in [0.717, 1.165) is 27.5 Å². The van der Waals surface area contributed by atoms with Crippen LogP contribution in [-0.4, -0.2) is 70.8 Å². The fourth-order valence-corrected chi connectivity index (χ4v) is 6.39. The zero-order valence-corrected chi connectivity index (χ0v) is 19.0. The van der Waals surface area contributed by atoms with Crippen LogP contribution in [0.15, 0.2) is 39.8 Å². The van der Waals surface area contributed by atoms with E-state index in [1.165, 1.54) is 25.4 Å². The minimum atomic E-state index is -1.35. The Kier molecular flexibility index (Phi) is 5.05. The zero-order chi connectivity index (χ0) is 22.6. The number of piperidine rings is 1. The number of hydrogen-bond donors (Lipinski definition) is 0. The molecule has 0 aliphatic carbocycles. The van der Waals surface area contributed by atoms with E-state index in [4.69, 9.17) is 0 Å². The lowest BCUT2D eigenvalue weighted by atomic mass is 9.75. The Morgan fingerprint density at radius 2 is 1.75 bits per heavy atom. The van der Waals surface area contributed by atoms with Crippen LogP contribution in [0.25, 0.3) is 0 Å². The average Bonchev–Trinajstić information content (AvgIpc) is 3.29. The lowest BCUT2D eigenvalue weighted by molar-refractivity contribution is -0.159. The van der Waals surface area contributed by atoms with Crippen LogP contribution in [0.3, 0.4) is 0 Å². The molecular weight excluding hydrogens is 428 g/mol. The van der Waals surface area contributed by atoms with Gasteiger partial charge in [0, 0.05) is 58.0 Å². The molecule has 8 nitrogen and oxygen atoms in total. The van der Waals surface area contributed by atoms with Crippen LogP contribution in [0.5, 0.6) is 0 Å². The minimum absolute atomic E-state index is 0.0268. The molecule has 0 radical (unpaired) electrons. The monoisotopic (exact) mass is 454 g/mol. The van der Waals surface area contributed by atoms with Gasteiger partial charge in [-0.1, -0.05) is 6.07 Å². The maximum atomic E-state index is 13.5. The summed E-state index contributed by atoms with van der Waals surface area (Å²) in [5, 5.41) is 3.88. The molecule has 0 saturated carbocycles. The van der Waals surface area contributed by atoms with Gasteiger partial charge in [0.2, 0.25) is 11.8 Å². The number of imide groups is 2. The number of barbiturate groups is 1. The molecular formula is C23H26N4O4S. The number of likely N-dealkylation sites (tertiary alicyclic amines) is 1. The predicted molar refractivity (Wildman–Crippen MR) is 119 cm³/mol. The molecule has 5 heterocycles. The molecule has 2 fully saturated rings. The van der Waals surface area contributed by atoms with E-state index < -0.39 is 23.3 Å². The van der Waals surface area contributed by atoms with Gasteiger partial charge < -0.3 is 9.47 Å². The maximum absolute atomic E-state index is 13.5. The second kappa shape index (κ2) is 7.67. The van der Waals surface area contributed by atoms with E-state index >= 15 is 0 Å². The van der Waals surface area contributed by atoms with Crippen LogP contribution in [-0.2, 0) is 22.6 Å². The number of hydrogen-bond acceptors (Lipinski definition) is 6. The molecule has 3 aliphatic rings. The Labute approximate surface area is 190 Å². The Bertz CT molecular complexity index is 1120. The van der Waals surface area contributed by atoms with Crippen LogP contribution >= 0.6 is 11.3 Å². The van der Waals surface area contributed by atoms with E-state index in [0.29, 0.717) is 19.6 Å². The molecule has 2 aromatic heterocycles. The Morgan fingerprint density at radius 1 is 1.00 bits per heavy atom. The van der Waals surface area contributed by atoms with E-state index in [2.05, 4.69) is 4.90 Å². The lowest BCUT2D eigenvalue weighted by Crippen LogP contribution is -2.67. The molecule has 2 saturated heterocycles. The molecule has 5 rings (SSSR count). The predicted octanol–water partition coefficient (Wildman–Crippen LogP) is 1.61. The van der Waals surface area contributed by atoms with Crippen molar-refractivity contribution in [1.82, 2.24) is 19.3 Å². The molecule has 0 aromatic carbocycles. The van der Waals surface area contributed by atoms with Crippen molar-refractivity contribution in [3.05, 3.63) is 56.6 Å². The molecule has 0 N–H and O–H groups in total. The number of rotatable bonds is 4. The summed E-state index contributed by atoms with van der Waals surface area (Å²) in [6, 6.07) is 6.74. The molecule has 0 unspecified atom stereocenters. The highest BCUT2D eigenvalue weighted by Gasteiger charge is 2.56. The first kappa shape index (κ1) is 21.1. The van der Waals surface area contributed by atoms with Crippen molar-refractivity contribution in [3.8, 4) is 0 Å². The lowest BCUT2D eigenvalue weighted by Gasteiger charge is -2.48. The summed E-state index contributed by atoms with van der Waals surface area (Å²) in [5.74, 6) is -0.417. The molecule has 168 valence electrons. The Morgan fingerprint density at radius 3 is 2.44 bits per heavy atom. The van der Waals surface area contributed by atoms with Gasteiger partial charge in [-0.3, -0.25) is 24.2 Å². The first-order valence-corrected chi connectivity index (χ1v) is 11.8. The fraction of sp³-hybridized carbons (Fsp3) is 0.478. The first-order chi connectivity index (χ1) is 15.3. The molecule has 9 heteroatoms. The van der Waals surface area contributed by atoms with Gasteiger partial charge in [-0.05, 0) is 47.2 Å². The van der Waals surface area contributed by atoms with Gasteiger partial charge in [0.05, 0.1) is 0 Å². The maximum Gasteiger partial charge on any atom is 0.332 e. The van der Waals surface area contributed by atoms with Crippen LogP contribution in [0, 0.1) is 11.3 Å². The van der Waals surface area contributed by atoms with Crippen LogP contribution < -0.4 is 5.56 Å². The topological polar surface area (TPSA) is 82.9 Å². The van der Waals surface area contributed by atoms with Crippen molar-refractivity contribution in [1.29, 1.82) is 0 Å². The minimum Gasteiger partial charge on any atom is -0.312 e. The number of urea groups is 1. The molecule has 2 atom stereocenters. The van der Waals surface area contributed by atoms with Crippen molar-refractivity contribution in [2.24, 2.45) is 11.3 Å². The molecule has 2 bridgehead atoms. The number of carbonyl (C=O) groups is 3. The van der Waals surface area contributed by atoms with Crippen LogP contribution in [0.1, 0.15) is 23.6 Å². The van der Waals surface area contributed by atoms with Gasteiger partial charge in [0.1, 0.15) is 5.41 Å². The third-order valence-electron chi connectivity index (χ3n) is 7.14. The first-order valence-electron chi connectivity index (χ1n) is 10.8. The van der Waals surface area contributed by atoms with E-state index in [1.54, 1.807) is 12.1 Å². The highest BCUT2D eigenvalue weighted by molar-refractivity contribution is 7.07. The number of pyridine rings is 1. The van der Waals surface area contributed by atoms with Crippen LogP contribution in [0.4, 0.5) is 4.79 Å². The van der Waals surface area contributed by atoms with Crippen LogP contribution in [0.2, 0.25) is 0 Å². The Hall–Kier alpha value is -2.78. The number of fused-ring (bicyclic) bond motifs is 4. The van der Waals surface area contributed by atoms with Crippen molar-refractivity contribution in [3.63, 3.8) is 0 Å². The van der Waals surface area contributed by atoms with Crippen molar-refractivity contribution >= 4 is 29.2 Å². The smallest absolute Gasteiger partial charge is 0.312 e. The molecule has 4 amide bonds. The number of amides is 4. The summed E-state index contributed by atoms with van der Waals surface area (Å²) in [6.07, 6.45) is 1.26. The standard InChI is InChI=1S/C23H26N4O4S/c1-24-20(29)23(9-15-6-7-32-13-15,21(30)25(2)22(24)31)14-26-10-16-8-17(12-26)18-4-3-5-19(28)27(18)11-16/h3-7,13,16-17H,8-12,14H2,1-2H3/t16-,17+/m1/s1. The van der Waals surface area contributed by atoms with Gasteiger partial charge >= 0.3 is 6.03 Å². The van der Waals surface area contributed by atoms with Gasteiger partial charge in [-0.2, -0.15) is 11.3 Å². The zero-order valence-electron chi connectivity index (χ0n) is 18.2. The fourth-order valence-electron chi connectivity index (χ4n) is 5.72. The number of carbonyl (C=O) groups excluding carboxylic acids is 3. The molecule has 32 heavy (non-hydrogen) atoms. The second-order valence-electron chi connectivity index (χ2n) is 9.29. The summed E-state index contributed by atoms with van der Waals surface area (Å²) in [4.78, 5) is 56.1. The summed E-state index contributed by atoms with van der Waals surface area (Å²) in [5.41, 5.74) is 0.623. The quantitative estimate of drug-likeness (QED) is 0.656. The summed E-state index contributed by atoms with van der Waals surface area (Å²) in [6.45, 7) is 2.30. The number of nitrogens with zero attached hydrogens (tertiary/aromatic N) is 4. The number of thiophene rings is 1. The third kappa shape index (κ3) is 3.22. The van der Waals surface area contributed by atoms with Crippen molar-refractivity contribution in [2.45, 2.75) is 25.3 Å². The summed E-state index contributed by atoms with van der Waals surface area (Å²) >= 11 is 1.52. The number of aromatic nitrogens is 1. The Balaban J connectivity index is 1.49. The van der Waals surface area contributed by atoms with E-state index in [9.17, 15) is 19.2 Å². The van der Waals surface area contributed by atoms with Crippen molar-refractivity contribution < 1.29 is 14.4 Å². The van der Waals surface area contributed by atoms with Gasteiger partial charge in [0.25, 0.3) is 5.56 Å². The largest absolute Gasteiger partial charge is 0.332 e. The van der Waals surface area contributed by atoms with Gasteiger partial charge in [-0.25, -0.2) is 4.79 Å². The molecule has 0 spiro atoms. The van der Waals surface area contributed by atoms with Crippen molar-refractivity contribution in [2.75, 3.05) is 33.7 Å². The van der Waals surface area contributed by atoms with E-state index in [-0.39, 0.29) is 30.4 Å². The third-order valence-corrected chi connectivity index (χ3v) is 7.87. The average molecular weight is 455 g/mol. The highest BCUT2D eigenvalue weighted by atomic mass is 32.1. The highest BCUT2D eigenvalue weighted by Crippen LogP contribution is 2.39. The summed E-state index contributed by atoms with van der Waals surface area (Å²) < 4.78 is 1.87. The normalized spacial score (nSPS) is 25.2.